The molecule has 0 saturated heterocycles. The molecule has 1 aromatic heterocycles. The van der Waals surface area contributed by atoms with E-state index >= 15 is 0 Å². The number of hydrogen-bond acceptors (Lipinski definition) is 3. The monoisotopic (exact) mass is 318 g/mol. The first-order valence-electron chi connectivity index (χ1n) is 7.03. The van der Waals surface area contributed by atoms with Gasteiger partial charge in [-0.25, -0.2) is 0 Å². The number of ether oxygens (including phenoxy) is 1. The molecule has 1 unspecified atom stereocenters. The number of alkyl halides is 1. The molecule has 2 heterocycles. The molecule has 1 aromatic carbocycles. The van der Waals surface area contributed by atoms with Gasteiger partial charge in [-0.2, -0.15) is 0 Å². The Hall–Kier alpha value is -2.27. The normalized spacial score (nSPS) is 15.5. The number of carbonyl (C=O) groups is 2. The molecular weight excluding hydrogens is 304 g/mol. The van der Waals surface area contributed by atoms with Crippen molar-refractivity contribution in [3.63, 3.8) is 0 Å². The van der Waals surface area contributed by atoms with E-state index < -0.39 is 11.3 Å². The number of carbonyl (C=O) groups excluding carboxylic acids is 2. The molecule has 0 bridgehead atoms. The first-order chi connectivity index (χ1) is 10.6. The highest BCUT2D eigenvalue weighted by molar-refractivity contribution is 6.37. The maximum absolute atomic E-state index is 12.2. The van der Waals surface area contributed by atoms with Crippen molar-refractivity contribution in [2.75, 3.05) is 13.2 Å². The van der Waals surface area contributed by atoms with Crippen LogP contribution in [-0.2, 0) is 9.53 Å². The Morgan fingerprint density at radius 1 is 1.41 bits per heavy atom. The summed E-state index contributed by atoms with van der Waals surface area (Å²) >= 11 is 6.30. The second-order valence-electron chi connectivity index (χ2n) is 4.90. The second kappa shape index (κ2) is 5.85. The summed E-state index contributed by atoms with van der Waals surface area (Å²) in [4.78, 5) is 27.3. The average Bonchev–Trinajstić information content (AvgIpc) is 2.82. The predicted molar refractivity (Wildman–Crippen MR) is 84.9 cm³/mol. The van der Waals surface area contributed by atoms with Crippen molar-refractivity contribution in [3.05, 3.63) is 41.6 Å². The molecule has 0 radical (unpaired) electrons. The fraction of sp³-hybridized carbons (Fsp3) is 0.250. The van der Waals surface area contributed by atoms with Crippen molar-refractivity contribution in [2.45, 2.75) is 12.3 Å². The summed E-state index contributed by atoms with van der Waals surface area (Å²) in [6.07, 6.45) is 1.76. The van der Waals surface area contributed by atoms with Crippen LogP contribution in [0.5, 0.6) is 0 Å². The number of aromatic amines is 1. The molecule has 3 rings (SSSR count). The van der Waals surface area contributed by atoms with Crippen LogP contribution in [-0.4, -0.2) is 35.4 Å². The van der Waals surface area contributed by atoms with Crippen LogP contribution >= 0.6 is 11.6 Å². The lowest BCUT2D eigenvalue weighted by molar-refractivity contribution is -0.141. The zero-order chi connectivity index (χ0) is 15.7. The molecule has 1 atom stereocenters. The van der Waals surface area contributed by atoms with E-state index in [1.165, 1.54) is 0 Å². The molecule has 114 valence electrons. The molecule has 1 amide bonds. The van der Waals surface area contributed by atoms with Crippen LogP contribution in [0.3, 0.4) is 0 Å². The first kappa shape index (κ1) is 14.7. The number of amides is 1. The Labute approximate surface area is 132 Å². The van der Waals surface area contributed by atoms with Crippen LogP contribution in [0.25, 0.3) is 16.5 Å². The Kier molecular flexibility index (Phi) is 3.90. The zero-order valence-electron chi connectivity index (χ0n) is 12.0. The van der Waals surface area contributed by atoms with Gasteiger partial charge in [-0.1, -0.05) is 24.3 Å². The zero-order valence-corrected chi connectivity index (χ0v) is 12.7. The van der Waals surface area contributed by atoms with Gasteiger partial charge >= 0.3 is 5.97 Å². The summed E-state index contributed by atoms with van der Waals surface area (Å²) in [5, 5.41) is 2.66. The number of nitrogens with one attached hydrogen (secondary N) is 2. The smallest absolute Gasteiger partial charge is 0.328 e. The summed E-state index contributed by atoms with van der Waals surface area (Å²) in [6, 6.07) is 7.53. The lowest BCUT2D eigenvalue weighted by Gasteiger charge is -2.13. The highest BCUT2D eigenvalue weighted by Crippen LogP contribution is 2.34. The number of hydrogen-bond donors (Lipinski definition) is 2. The molecule has 0 aliphatic carbocycles. The van der Waals surface area contributed by atoms with Crippen LogP contribution in [0.15, 0.2) is 30.3 Å². The van der Waals surface area contributed by atoms with E-state index in [-0.39, 0.29) is 12.5 Å². The molecule has 1 aliphatic heterocycles. The number of H-pyrrole nitrogens is 1. The van der Waals surface area contributed by atoms with Gasteiger partial charge in [0.15, 0.2) is 5.38 Å². The highest BCUT2D eigenvalue weighted by atomic mass is 35.5. The lowest BCUT2D eigenvalue weighted by atomic mass is 9.99. The van der Waals surface area contributed by atoms with E-state index in [0.29, 0.717) is 23.4 Å². The fourth-order valence-electron chi connectivity index (χ4n) is 2.63. The van der Waals surface area contributed by atoms with Gasteiger partial charge < -0.3 is 15.0 Å². The molecule has 22 heavy (non-hydrogen) atoms. The fourth-order valence-corrected chi connectivity index (χ4v) is 2.89. The van der Waals surface area contributed by atoms with Gasteiger partial charge in [0.1, 0.15) is 5.69 Å². The largest absolute Gasteiger partial charge is 0.465 e. The quantitative estimate of drug-likeness (QED) is 0.674. The molecule has 1 aliphatic rings. The Bertz CT molecular complexity index is 779. The van der Waals surface area contributed by atoms with Crippen molar-refractivity contribution in [3.8, 4) is 0 Å². The van der Waals surface area contributed by atoms with E-state index in [4.69, 9.17) is 16.3 Å². The molecule has 0 saturated carbocycles. The minimum atomic E-state index is -0.953. The maximum atomic E-state index is 12.2. The van der Waals surface area contributed by atoms with E-state index in [1.54, 1.807) is 13.0 Å². The number of aromatic nitrogens is 1. The number of fused-ring (bicyclic) bond motifs is 3. The number of esters is 1. The van der Waals surface area contributed by atoms with Crippen LogP contribution in [0.2, 0.25) is 0 Å². The summed E-state index contributed by atoms with van der Waals surface area (Å²) in [6.45, 7) is 2.30. The third-order valence-corrected chi connectivity index (χ3v) is 3.99. The minimum Gasteiger partial charge on any atom is -0.465 e. The SMILES string of the molecule is CCOC(=O)C(Cl)C1=CCNC(=O)c2[nH]c3ccccc3c21. The summed E-state index contributed by atoms with van der Waals surface area (Å²) < 4.78 is 5.00. The number of halogens is 1. The minimum absolute atomic E-state index is 0.217. The van der Waals surface area contributed by atoms with Crippen LogP contribution < -0.4 is 5.32 Å². The summed E-state index contributed by atoms with van der Waals surface area (Å²) in [5.41, 5.74) is 2.49. The second-order valence-corrected chi connectivity index (χ2v) is 5.34. The topological polar surface area (TPSA) is 71.2 Å². The van der Waals surface area contributed by atoms with Crippen molar-refractivity contribution >= 4 is 40.0 Å². The van der Waals surface area contributed by atoms with E-state index in [2.05, 4.69) is 10.3 Å². The van der Waals surface area contributed by atoms with E-state index in [9.17, 15) is 9.59 Å². The van der Waals surface area contributed by atoms with Crippen LogP contribution in [0.4, 0.5) is 0 Å². The van der Waals surface area contributed by atoms with E-state index in [1.807, 2.05) is 24.3 Å². The highest BCUT2D eigenvalue weighted by Gasteiger charge is 2.30. The molecule has 5 nitrogen and oxygen atoms in total. The van der Waals surface area contributed by atoms with Crippen molar-refractivity contribution < 1.29 is 14.3 Å². The standard InChI is InChI=1S/C16H15ClN2O3/c1-2-22-16(21)13(17)10-7-8-18-15(20)14-12(10)9-5-3-4-6-11(9)19-14/h3-7,13,19H,2,8H2,1H3,(H,18,20). The molecule has 0 spiro atoms. The third kappa shape index (κ3) is 2.37. The summed E-state index contributed by atoms with van der Waals surface area (Å²) in [5.74, 6) is -0.730. The van der Waals surface area contributed by atoms with Gasteiger partial charge in [0.25, 0.3) is 5.91 Å². The summed E-state index contributed by atoms with van der Waals surface area (Å²) in [7, 11) is 0. The van der Waals surface area contributed by atoms with Gasteiger partial charge in [0, 0.05) is 23.0 Å². The number of para-hydroxylation sites is 1. The number of benzene rings is 1. The maximum Gasteiger partial charge on any atom is 0.328 e. The van der Waals surface area contributed by atoms with Crippen molar-refractivity contribution in [1.82, 2.24) is 10.3 Å². The lowest BCUT2D eigenvalue weighted by Crippen LogP contribution is -2.22. The van der Waals surface area contributed by atoms with Gasteiger partial charge in [-0.15, -0.1) is 11.6 Å². The first-order valence-corrected chi connectivity index (χ1v) is 7.47. The van der Waals surface area contributed by atoms with Gasteiger partial charge in [0.05, 0.1) is 6.61 Å². The van der Waals surface area contributed by atoms with E-state index in [0.717, 1.165) is 10.9 Å². The molecule has 2 N–H and O–H groups in total. The third-order valence-electron chi connectivity index (χ3n) is 3.57. The molecule has 0 fully saturated rings. The average molecular weight is 319 g/mol. The Morgan fingerprint density at radius 2 is 2.18 bits per heavy atom. The number of rotatable bonds is 3. The Balaban J connectivity index is 2.17. The molecule has 6 heteroatoms. The Morgan fingerprint density at radius 3 is 2.95 bits per heavy atom. The van der Waals surface area contributed by atoms with Crippen molar-refractivity contribution in [2.24, 2.45) is 0 Å². The molecule has 2 aromatic rings. The molecular formula is C16H15ClN2O3. The van der Waals surface area contributed by atoms with Gasteiger partial charge in [-0.3, -0.25) is 9.59 Å². The van der Waals surface area contributed by atoms with Gasteiger partial charge in [0.2, 0.25) is 0 Å². The van der Waals surface area contributed by atoms with Gasteiger partial charge in [-0.05, 0) is 18.6 Å². The van der Waals surface area contributed by atoms with Crippen molar-refractivity contribution in [1.29, 1.82) is 0 Å². The predicted octanol–water partition coefficient (Wildman–Crippen LogP) is 2.47. The van der Waals surface area contributed by atoms with Crippen LogP contribution in [0, 0.1) is 0 Å². The van der Waals surface area contributed by atoms with Crippen LogP contribution in [0.1, 0.15) is 23.0 Å².